The molecule has 0 saturated heterocycles. The third-order valence-corrected chi connectivity index (χ3v) is 3.56. The fourth-order valence-corrected chi connectivity index (χ4v) is 2.38. The van der Waals surface area contributed by atoms with Crippen molar-refractivity contribution >= 4 is 0 Å². The van der Waals surface area contributed by atoms with Crippen LogP contribution < -0.4 is 5.32 Å². The topological polar surface area (TPSA) is 12.0 Å². The molecule has 1 aliphatic heterocycles. The van der Waals surface area contributed by atoms with Crippen LogP contribution >= 0.6 is 0 Å². The number of dihydropyridines is 1. The van der Waals surface area contributed by atoms with Gasteiger partial charge < -0.3 is 5.32 Å². The van der Waals surface area contributed by atoms with Crippen molar-refractivity contribution in [3.63, 3.8) is 0 Å². The highest BCUT2D eigenvalue weighted by Gasteiger charge is 2.22. The van der Waals surface area contributed by atoms with Gasteiger partial charge in [-0.2, -0.15) is 0 Å². The molecule has 1 aromatic carbocycles. The van der Waals surface area contributed by atoms with Gasteiger partial charge in [0, 0.05) is 17.3 Å². The van der Waals surface area contributed by atoms with E-state index in [-0.39, 0.29) is 0 Å². The van der Waals surface area contributed by atoms with Crippen LogP contribution in [0.1, 0.15) is 39.2 Å². The first kappa shape index (κ1) is 11.0. The van der Waals surface area contributed by atoms with Gasteiger partial charge in [-0.3, -0.25) is 0 Å². The van der Waals surface area contributed by atoms with Crippen molar-refractivity contribution in [2.24, 2.45) is 0 Å². The highest BCUT2D eigenvalue weighted by atomic mass is 14.9. The Balaban J connectivity index is 2.49. The van der Waals surface area contributed by atoms with E-state index in [9.17, 15) is 0 Å². The third-order valence-electron chi connectivity index (χ3n) is 3.56. The minimum Gasteiger partial charge on any atom is -0.363 e. The average Bonchev–Trinajstić information content (AvgIpc) is 2.28. The molecule has 0 saturated carbocycles. The van der Waals surface area contributed by atoms with E-state index >= 15 is 0 Å². The lowest BCUT2D eigenvalue weighted by atomic mass is 9.82. The summed E-state index contributed by atoms with van der Waals surface area (Å²) in [7, 11) is 0. The van der Waals surface area contributed by atoms with E-state index in [0.717, 1.165) is 0 Å². The largest absolute Gasteiger partial charge is 0.363 e. The second kappa shape index (κ2) is 4.17. The highest BCUT2D eigenvalue weighted by Crippen LogP contribution is 2.36. The molecule has 0 bridgehead atoms. The SMILES string of the molecule is CC1=C(C)C(c2ccccc2)C(C)=C(C)N1. The second-order valence-corrected chi connectivity index (χ2v) is 4.58. The molecule has 0 unspecified atom stereocenters. The van der Waals surface area contributed by atoms with Crippen LogP contribution in [-0.2, 0) is 0 Å². The van der Waals surface area contributed by atoms with E-state index in [4.69, 9.17) is 0 Å². The minimum absolute atomic E-state index is 0.447. The lowest BCUT2D eigenvalue weighted by molar-refractivity contribution is 0.772. The predicted octanol–water partition coefficient (Wildman–Crippen LogP) is 3.96. The summed E-state index contributed by atoms with van der Waals surface area (Å²) in [6.07, 6.45) is 0. The molecule has 1 heteroatoms. The van der Waals surface area contributed by atoms with Gasteiger partial charge in [0.2, 0.25) is 0 Å². The Bertz CT molecular complexity index is 428. The fraction of sp³-hybridized carbons (Fsp3) is 0.333. The molecule has 1 aliphatic rings. The second-order valence-electron chi connectivity index (χ2n) is 4.58. The molecular weight excluding hydrogens is 194 g/mol. The molecule has 1 N–H and O–H groups in total. The summed E-state index contributed by atoms with van der Waals surface area (Å²) >= 11 is 0. The minimum atomic E-state index is 0.447. The first-order chi connectivity index (χ1) is 7.61. The quantitative estimate of drug-likeness (QED) is 0.744. The van der Waals surface area contributed by atoms with Gasteiger partial charge in [-0.25, -0.2) is 0 Å². The molecular formula is C15H19N. The van der Waals surface area contributed by atoms with Crippen LogP contribution in [-0.4, -0.2) is 0 Å². The monoisotopic (exact) mass is 213 g/mol. The van der Waals surface area contributed by atoms with Crippen molar-refractivity contribution in [3.8, 4) is 0 Å². The van der Waals surface area contributed by atoms with Crippen LogP contribution in [0.3, 0.4) is 0 Å². The summed E-state index contributed by atoms with van der Waals surface area (Å²) in [6, 6.07) is 10.7. The molecule has 84 valence electrons. The first-order valence-corrected chi connectivity index (χ1v) is 5.78. The van der Waals surface area contributed by atoms with Crippen molar-refractivity contribution in [2.75, 3.05) is 0 Å². The number of nitrogens with one attached hydrogen (secondary N) is 1. The van der Waals surface area contributed by atoms with Gasteiger partial charge in [0.05, 0.1) is 0 Å². The zero-order valence-electron chi connectivity index (χ0n) is 10.5. The lowest BCUT2D eigenvalue weighted by Gasteiger charge is -2.29. The van der Waals surface area contributed by atoms with Crippen LogP contribution in [0.5, 0.6) is 0 Å². The van der Waals surface area contributed by atoms with Crippen molar-refractivity contribution in [2.45, 2.75) is 33.6 Å². The van der Waals surface area contributed by atoms with Gasteiger partial charge in [0.1, 0.15) is 0 Å². The van der Waals surface area contributed by atoms with E-state index in [1.807, 2.05) is 0 Å². The van der Waals surface area contributed by atoms with Crippen LogP contribution in [0.25, 0.3) is 0 Å². The van der Waals surface area contributed by atoms with Gasteiger partial charge in [0.15, 0.2) is 0 Å². The molecule has 0 aliphatic carbocycles. The Morgan fingerprint density at radius 2 is 1.31 bits per heavy atom. The third kappa shape index (κ3) is 1.78. The Hall–Kier alpha value is -1.50. The van der Waals surface area contributed by atoms with Gasteiger partial charge in [-0.05, 0) is 44.4 Å². The molecule has 1 nitrogen and oxygen atoms in total. The zero-order chi connectivity index (χ0) is 11.7. The van der Waals surface area contributed by atoms with E-state index in [1.54, 1.807) is 0 Å². The van der Waals surface area contributed by atoms with E-state index in [0.29, 0.717) is 5.92 Å². The molecule has 0 atom stereocenters. The van der Waals surface area contributed by atoms with Crippen LogP contribution in [0, 0.1) is 0 Å². The Morgan fingerprint density at radius 3 is 1.81 bits per heavy atom. The predicted molar refractivity (Wildman–Crippen MR) is 69.1 cm³/mol. The molecule has 16 heavy (non-hydrogen) atoms. The van der Waals surface area contributed by atoms with E-state index in [1.165, 1.54) is 28.1 Å². The molecule has 1 heterocycles. The number of rotatable bonds is 1. The smallest absolute Gasteiger partial charge is 0.0292 e. The summed E-state index contributed by atoms with van der Waals surface area (Å²) in [5.74, 6) is 0.447. The highest BCUT2D eigenvalue weighted by molar-refractivity contribution is 5.43. The maximum absolute atomic E-state index is 3.44. The number of hydrogen-bond acceptors (Lipinski definition) is 1. The van der Waals surface area contributed by atoms with Crippen LogP contribution in [0.15, 0.2) is 52.9 Å². The molecule has 1 aromatic rings. The lowest BCUT2D eigenvalue weighted by Crippen LogP contribution is -2.22. The molecule has 0 radical (unpaired) electrons. The number of hydrogen-bond donors (Lipinski definition) is 1. The fourth-order valence-electron chi connectivity index (χ4n) is 2.38. The van der Waals surface area contributed by atoms with Gasteiger partial charge >= 0.3 is 0 Å². The van der Waals surface area contributed by atoms with Crippen LogP contribution in [0.2, 0.25) is 0 Å². The molecule has 0 spiro atoms. The van der Waals surface area contributed by atoms with Crippen molar-refractivity contribution < 1.29 is 0 Å². The van der Waals surface area contributed by atoms with Gasteiger partial charge in [-0.1, -0.05) is 30.3 Å². The van der Waals surface area contributed by atoms with E-state index < -0.39 is 0 Å². The summed E-state index contributed by atoms with van der Waals surface area (Å²) < 4.78 is 0. The van der Waals surface area contributed by atoms with Gasteiger partial charge in [-0.15, -0.1) is 0 Å². The van der Waals surface area contributed by atoms with Gasteiger partial charge in [0.25, 0.3) is 0 Å². The molecule has 2 rings (SSSR count). The summed E-state index contributed by atoms with van der Waals surface area (Å²) in [6.45, 7) is 8.74. The Labute approximate surface area is 97.9 Å². The maximum atomic E-state index is 3.44. The van der Waals surface area contributed by atoms with Crippen LogP contribution in [0.4, 0.5) is 0 Å². The average molecular weight is 213 g/mol. The summed E-state index contributed by atoms with van der Waals surface area (Å²) in [5.41, 5.74) is 6.82. The van der Waals surface area contributed by atoms with Crippen molar-refractivity contribution in [1.29, 1.82) is 0 Å². The molecule has 0 amide bonds. The van der Waals surface area contributed by atoms with E-state index in [2.05, 4.69) is 63.3 Å². The molecule has 0 fully saturated rings. The standard InChI is InChI=1S/C15H19N/c1-10-12(3)16-13(4)11(2)15(10)14-8-6-5-7-9-14/h5-9,15-16H,1-4H3. The summed E-state index contributed by atoms with van der Waals surface area (Å²) in [5, 5.41) is 3.44. The first-order valence-electron chi connectivity index (χ1n) is 5.78. The Kier molecular flexibility index (Phi) is 2.86. The molecule has 0 aromatic heterocycles. The van der Waals surface area contributed by atoms with Crippen molar-refractivity contribution in [3.05, 3.63) is 58.4 Å². The summed E-state index contributed by atoms with van der Waals surface area (Å²) in [4.78, 5) is 0. The van der Waals surface area contributed by atoms with Crippen molar-refractivity contribution in [1.82, 2.24) is 5.32 Å². The Morgan fingerprint density at radius 1 is 0.812 bits per heavy atom. The number of allylic oxidation sites excluding steroid dienone is 4. The maximum Gasteiger partial charge on any atom is 0.0292 e. The normalized spacial score (nSPS) is 17.8. The number of benzene rings is 1. The zero-order valence-corrected chi connectivity index (χ0v) is 10.5.